The molecule has 2 heterocycles. The van der Waals surface area contributed by atoms with Gasteiger partial charge in [0.15, 0.2) is 5.00 Å². The summed E-state index contributed by atoms with van der Waals surface area (Å²) in [6, 6.07) is 1.10. The van der Waals surface area contributed by atoms with Gasteiger partial charge in [0.1, 0.15) is 4.21 Å². The molecule has 0 aromatic carbocycles. The summed E-state index contributed by atoms with van der Waals surface area (Å²) in [4.78, 5) is 12.4. The third-order valence-electron chi connectivity index (χ3n) is 3.43. The molecule has 0 bridgehead atoms. The Morgan fingerprint density at radius 1 is 1.57 bits per heavy atom. The Morgan fingerprint density at radius 2 is 2.29 bits per heavy atom. The van der Waals surface area contributed by atoms with Gasteiger partial charge in [-0.15, -0.1) is 0 Å². The summed E-state index contributed by atoms with van der Waals surface area (Å²) in [5.74, 6) is 0.281. The first kappa shape index (κ1) is 16.1. The van der Waals surface area contributed by atoms with Gasteiger partial charge < -0.3 is 10.2 Å². The highest BCUT2D eigenvalue weighted by Crippen LogP contribution is 2.36. The van der Waals surface area contributed by atoms with E-state index in [1.54, 1.807) is 0 Å². The number of rotatable bonds is 6. The van der Waals surface area contributed by atoms with E-state index in [1.807, 2.05) is 7.05 Å². The van der Waals surface area contributed by atoms with E-state index >= 15 is 0 Å². The third kappa shape index (κ3) is 3.70. The van der Waals surface area contributed by atoms with Crippen molar-refractivity contribution in [2.75, 3.05) is 39.0 Å². The fraction of sp³-hybridized carbons (Fsp3) is 0.636. The molecule has 1 saturated heterocycles. The fourth-order valence-corrected chi connectivity index (χ4v) is 4.74. The molecule has 118 valence electrons. The molecule has 0 spiro atoms. The van der Waals surface area contributed by atoms with E-state index in [-0.39, 0.29) is 20.8 Å². The molecular weight excluding hydrogens is 316 g/mol. The van der Waals surface area contributed by atoms with Crippen LogP contribution in [-0.2, 0) is 10.0 Å². The molecule has 8 nitrogen and oxygen atoms in total. The smallest absolute Gasteiger partial charge is 0.304 e. The summed E-state index contributed by atoms with van der Waals surface area (Å²) >= 11 is 0.864. The number of thiophene rings is 1. The summed E-state index contributed by atoms with van der Waals surface area (Å²) in [5.41, 5.74) is -0.219. The quantitative estimate of drug-likeness (QED) is 0.592. The van der Waals surface area contributed by atoms with Gasteiger partial charge in [-0.3, -0.25) is 10.1 Å². The lowest BCUT2D eigenvalue weighted by Gasteiger charge is -2.11. The monoisotopic (exact) mass is 334 g/mol. The predicted molar refractivity (Wildman–Crippen MR) is 81.3 cm³/mol. The summed E-state index contributed by atoms with van der Waals surface area (Å²) in [6.07, 6.45) is 0.950. The first-order chi connectivity index (χ1) is 9.83. The van der Waals surface area contributed by atoms with E-state index in [9.17, 15) is 18.5 Å². The molecule has 10 heteroatoms. The van der Waals surface area contributed by atoms with Gasteiger partial charge in [-0.2, -0.15) is 0 Å². The van der Waals surface area contributed by atoms with Gasteiger partial charge >= 0.3 is 5.69 Å². The molecule has 0 radical (unpaired) electrons. The molecule has 2 rings (SSSR count). The van der Waals surface area contributed by atoms with Crippen molar-refractivity contribution < 1.29 is 13.3 Å². The van der Waals surface area contributed by atoms with Crippen molar-refractivity contribution >= 4 is 32.0 Å². The Morgan fingerprint density at radius 3 is 2.76 bits per heavy atom. The number of anilines is 1. The van der Waals surface area contributed by atoms with Gasteiger partial charge in [-0.05, 0) is 25.9 Å². The minimum atomic E-state index is -3.70. The number of hydrogen-bond donors (Lipinski definition) is 2. The maximum Gasteiger partial charge on any atom is 0.304 e. The third-order valence-corrected chi connectivity index (χ3v) is 6.47. The van der Waals surface area contributed by atoms with E-state index in [4.69, 9.17) is 0 Å². The number of hydrogen-bond acceptors (Lipinski definition) is 7. The molecule has 0 amide bonds. The van der Waals surface area contributed by atoms with Crippen molar-refractivity contribution in [1.82, 2.24) is 9.62 Å². The van der Waals surface area contributed by atoms with Crippen LogP contribution >= 0.6 is 11.3 Å². The number of nitrogens with one attached hydrogen (secondary N) is 2. The first-order valence-corrected chi connectivity index (χ1v) is 8.77. The van der Waals surface area contributed by atoms with Gasteiger partial charge in [-0.1, -0.05) is 11.3 Å². The molecule has 1 aromatic heterocycles. The average molecular weight is 334 g/mol. The lowest BCUT2D eigenvalue weighted by molar-refractivity contribution is -0.383. The molecule has 1 aliphatic heterocycles. The van der Waals surface area contributed by atoms with Gasteiger partial charge in [0, 0.05) is 26.2 Å². The second-order valence-corrected chi connectivity index (χ2v) is 8.10. The predicted octanol–water partition coefficient (Wildman–Crippen LogP) is 0.928. The standard InChI is InChI=1S/C11H18N4O4S2/c1-12-11-9(15(16)17)5-10(20-11)21(18,19)13-6-8-3-4-14(2)7-8/h5,8,12-13H,3-4,6-7H2,1-2H3. The van der Waals surface area contributed by atoms with Crippen LogP contribution in [0.5, 0.6) is 0 Å². The molecule has 1 fully saturated rings. The first-order valence-electron chi connectivity index (χ1n) is 6.47. The minimum Gasteiger partial charge on any atom is -0.374 e. The van der Waals surface area contributed by atoms with Crippen LogP contribution in [0.2, 0.25) is 0 Å². The molecule has 0 saturated carbocycles. The largest absolute Gasteiger partial charge is 0.374 e. The molecule has 1 atom stereocenters. The zero-order chi connectivity index (χ0) is 15.6. The van der Waals surface area contributed by atoms with Crippen molar-refractivity contribution in [2.24, 2.45) is 5.92 Å². The zero-order valence-electron chi connectivity index (χ0n) is 11.8. The van der Waals surface area contributed by atoms with E-state index in [2.05, 4.69) is 14.9 Å². The van der Waals surface area contributed by atoms with Crippen LogP contribution in [0.15, 0.2) is 10.3 Å². The maximum absolute atomic E-state index is 12.2. The maximum atomic E-state index is 12.2. The Balaban J connectivity index is 2.10. The van der Waals surface area contributed by atoms with Crippen LogP contribution < -0.4 is 10.0 Å². The second-order valence-electron chi connectivity index (χ2n) is 5.06. The fourth-order valence-electron chi connectivity index (χ4n) is 2.30. The van der Waals surface area contributed by atoms with Gasteiger partial charge in [0.2, 0.25) is 10.0 Å². The zero-order valence-corrected chi connectivity index (χ0v) is 13.5. The van der Waals surface area contributed by atoms with Crippen LogP contribution in [0.3, 0.4) is 0 Å². The van der Waals surface area contributed by atoms with E-state index in [0.29, 0.717) is 6.54 Å². The summed E-state index contributed by atoms with van der Waals surface area (Å²) in [6.45, 7) is 2.17. The average Bonchev–Trinajstić information content (AvgIpc) is 3.02. The number of nitro groups is 1. The van der Waals surface area contributed by atoms with E-state index in [1.165, 1.54) is 7.05 Å². The highest BCUT2D eigenvalue weighted by atomic mass is 32.2. The second kappa shape index (κ2) is 6.26. The topological polar surface area (TPSA) is 105 Å². The van der Waals surface area contributed by atoms with Crippen molar-refractivity contribution in [1.29, 1.82) is 0 Å². The molecule has 0 aliphatic carbocycles. The van der Waals surface area contributed by atoms with Crippen molar-refractivity contribution in [3.8, 4) is 0 Å². The molecule has 2 N–H and O–H groups in total. The number of nitrogens with zero attached hydrogens (tertiary/aromatic N) is 2. The van der Waals surface area contributed by atoms with Crippen molar-refractivity contribution in [3.05, 3.63) is 16.2 Å². The van der Waals surface area contributed by atoms with Gasteiger partial charge in [0.25, 0.3) is 0 Å². The van der Waals surface area contributed by atoms with E-state index in [0.717, 1.165) is 36.9 Å². The van der Waals surface area contributed by atoms with Gasteiger partial charge in [-0.25, -0.2) is 13.1 Å². The lowest BCUT2D eigenvalue weighted by Crippen LogP contribution is -2.30. The van der Waals surface area contributed by atoms with E-state index < -0.39 is 14.9 Å². The van der Waals surface area contributed by atoms with Gasteiger partial charge in [0.05, 0.1) is 4.92 Å². The minimum absolute atomic E-state index is 0.0371. The molecule has 1 unspecified atom stereocenters. The Kier molecular flexibility index (Phi) is 4.81. The highest BCUT2D eigenvalue weighted by molar-refractivity contribution is 7.91. The lowest BCUT2D eigenvalue weighted by atomic mass is 10.1. The van der Waals surface area contributed by atoms with Crippen molar-refractivity contribution in [3.63, 3.8) is 0 Å². The highest BCUT2D eigenvalue weighted by Gasteiger charge is 2.27. The SMILES string of the molecule is CNc1sc(S(=O)(=O)NCC2CCN(C)C2)cc1[N+](=O)[O-]. The molecule has 1 aromatic rings. The van der Waals surface area contributed by atoms with Crippen LogP contribution in [0.25, 0.3) is 0 Å². The summed E-state index contributed by atoms with van der Waals surface area (Å²) < 4.78 is 26.9. The molecule has 21 heavy (non-hydrogen) atoms. The summed E-state index contributed by atoms with van der Waals surface area (Å²) in [5, 5.41) is 13.8. The van der Waals surface area contributed by atoms with Crippen LogP contribution in [0, 0.1) is 16.0 Å². The van der Waals surface area contributed by atoms with Crippen LogP contribution in [-0.4, -0.2) is 52.0 Å². The van der Waals surface area contributed by atoms with Crippen LogP contribution in [0.1, 0.15) is 6.42 Å². The summed E-state index contributed by atoms with van der Waals surface area (Å²) in [7, 11) is -0.184. The molecule has 1 aliphatic rings. The Bertz CT molecular complexity index is 628. The number of sulfonamides is 1. The Hall–Kier alpha value is -1.23. The van der Waals surface area contributed by atoms with Crippen molar-refractivity contribution in [2.45, 2.75) is 10.6 Å². The molecular formula is C11H18N4O4S2. The normalized spacial score (nSPS) is 19.8. The number of likely N-dealkylation sites (tertiary alicyclic amines) is 1. The Labute approximate surface area is 127 Å². The van der Waals surface area contributed by atoms with Crippen LogP contribution in [0.4, 0.5) is 10.7 Å².